The number of unbranched alkanes of at least 4 members (excludes halogenated alkanes) is 2. The molecule has 3 heterocycles. The Hall–Kier alpha value is -3.20. The Morgan fingerprint density at radius 3 is 2.87 bits per heavy atom. The first kappa shape index (κ1) is 19.7. The van der Waals surface area contributed by atoms with Crippen LogP contribution in [0.5, 0.6) is 5.88 Å². The Balaban J connectivity index is 1.62. The quantitative estimate of drug-likeness (QED) is 0.446. The lowest BCUT2D eigenvalue weighted by molar-refractivity contribution is -0.128. The molecule has 7 nitrogen and oxygen atoms in total. The van der Waals surface area contributed by atoms with Gasteiger partial charge in [-0.15, -0.1) is 10.2 Å². The van der Waals surface area contributed by atoms with Crippen molar-refractivity contribution in [2.75, 3.05) is 16.4 Å². The molecule has 0 aliphatic carbocycles. The maximum absolute atomic E-state index is 14.1. The number of aromatic nitrogens is 3. The molecule has 1 spiro atoms. The van der Waals surface area contributed by atoms with Crippen LogP contribution in [0, 0.1) is 5.82 Å². The summed E-state index contributed by atoms with van der Waals surface area (Å²) in [6.07, 6.45) is 3.31. The summed E-state index contributed by atoms with van der Waals surface area (Å²) in [6, 6.07) is 11.5. The van der Waals surface area contributed by atoms with Gasteiger partial charge in [-0.1, -0.05) is 49.7 Å². The molecule has 0 saturated carbocycles. The second kappa shape index (κ2) is 7.81. The molecular weight excluding hydrogens is 417 g/mol. The minimum absolute atomic E-state index is 0.178. The summed E-state index contributed by atoms with van der Waals surface area (Å²) in [5.74, 6) is 0.123. The van der Waals surface area contributed by atoms with E-state index in [1.54, 1.807) is 0 Å². The Morgan fingerprint density at radius 2 is 2.00 bits per heavy atom. The van der Waals surface area contributed by atoms with E-state index in [9.17, 15) is 9.18 Å². The number of hydrogen-bond acceptors (Lipinski definition) is 7. The molecule has 2 N–H and O–H groups in total. The molecule has 1 aromatic heterocycles. The van der Waals surface area contributed by atoms with E-state index in [0.29, 0.717) is 33.4 Å². The Kier molecular flexibility index (Phi) is 4.97. The fourth-order valence-corrected chi connectivity index (χ4v) is 4.53. The van der Waals surface area contributed by atoms with Gasteiger partial charge in [0, 0.05) is 17.0 Å². The van der Waals surface area contributed by atoms with E-state index in [0.717, 1.165) is 25.0 Å². The van der Waals surface area contributed by atoms with Crippen molar-refractivity contribution in [3.8, 4) is 17.1 Å². The van der Waals surface area contributed by atoms with Gasteiger partial charge in [-0.3, -0.25) is 4.79 Å². The minimum atomic E-state index is -1.67. The van der Waals surface area contributed by atoms with E-state index < -0.39 is 17.4 Å². The highest BCUT2D eigenvalue weighted by molar-refractivity contribution is 7.99. The molecule has 2 aliphatic rings. The number of nitrogens with one attached hydrogen (secondary N) is 2. The number of para-hydroxylation sites is 1. The maximum Gasteiger partial charge on any atom is 0.295 e. The minimum Gasteiger partial charge on any atom is -0.435 e. The molecule has 31 heavy (non-hydrogen) atoms. The highest BCUT2D eigenvalue weighted by atomic mass is 32.2. The average molecular weight is 438 g/mol. The average Bonchev–Trinajstić information content (AvgIpc) is 2.93. The molecule has 9 heteroatoms. The lowest BCUT2D eigenvalue weighted by atomic mass is 10.0. The Morgan fingerprint density at radius 1 is 1.13 bits per heavy atom. The lowest BCUT2D eigenvalue weighted by Gasteiger charge is -2.28. The highest BCUT2D eigenvalue weighted by Crippen LogP contribution is 2.46. The van der Waals surface area contributed by atoms with E-state index in [1.165, 1.54) is 30.0 Å². The van der Waals surface area contributed by atoms with Crippen molar-refractivity contribution in [1.29, 1.82) is 0 Å². The van der Waals surface area contributed by atoms with Crippen molar-refractivity contribution in [2.24, 2.45) is 0 Å². The predicted octanol–water partition coefficient (Wildman–Crippen LogP) is 4.57. The van der Waals surface area contributed by atoms with E-state index in [-0.39, 0.29) is 5.88 Å². The first-order valence-electron chi connectivity index (χ1n) is 10.2. The molecule has 0 saturated heterocycles. The molecule has 2 aromatic carbocycles. The number of hydrogen-bond donors (Lipinski definition) is 2. The van der Waals surface area contributed by atoms with Gasteiger partial charge < -0.3 is 15.4 Å². The number of anilines is 2. The fourth-order valence-electron chi connectivity index (χ4n) is 3.75. The number of fused-ring (bicyclic) bond motifs is 5. The molecule has 1 amide bonds. The third-order valence-corrected chi connectivity index (χ3v) is 6.21. The van der Waals surface area contributed by atoms with Crippen molar-refractivity contribution in [2.45, 2.75) is 37.1 Å². The van der Waals surface area contributed by atoms with E-state index >= 15 is 0 Å². The van der Waals surface area contributed by atoms with Gasteiger partial charge in [0.2, 0.25) is 11.0 Å². The Bertz CT molecular complexity index is 1170. The van der Waals surface area contributed by atoms with Crippen molar-refractivity contribution in [3.05, 3.63) is 53.8 Å². The monoisotopic (exact) mass is 437 g/mol. The van der Waals surface area contributed by atoms with Crippen LogP contribution >= 0.6 is 11.8 Å². The third-order valence-electron chi connectivity index (χ3n) is 5.29. The number of ether oxygens (including phenoxy) is 1. The van der Waals surface area contributed by atoms with E-state index in [2.05, 4.69) is 32.7 Å². The summed E-state index contributed by atoms with van der Waals surface area (Å²) in [5.41, 5.74) is 0.920. The molecule has 5 rings (SSSR count). The van der Waals surface area contributed by atoms with Crippen LogP contribution in [0.15, 0.2) is 47.6 Å². The number of rotatable bonds is 5. The molecule has 0 unspecified atom stereocenters. The summed E-state index contributed by atoms with van der Waals surface area (Å²) in [5, 5.41) is 15.1. The summed E-state index contributed by atoms with van der Waals surface area (Å²) >= 11 is 1.50. The summed E-state index contributed by atoms with van der Waals surface area (Å²) < 4.78 is 20.4. The molecule has 0 bridgehead atoms. The van der Waals surface area contributed by atoms with Crippen LogP contribution in [0.1, 0.15) is 31.7 Å². The third kappa shape index (κ3) is 3.38. The number of carbonyl (C=O) groups is 1. The van der Waals surface area contributed by atoms with Crippen LogP contribution < -0.4 is 15.4 Å². The molecule has 1 atom stereocenters. The van der Waals surface area contributed by atoms with Crippen molar-refractivity contribution < 1.29 is 13.9 Å². The van der Waals surface area contributed by atoms with E-state index in [4.69, 9.17) is 4.74 Å². The summed E-state index contributed by atoms with van der Waals surface area (Å²) in [6.45, 7) is 2.15. The van der Waals surface area contributed by atoms with Gasteiger partial charge in [0.05, 0.1) is 11.3 Å². The number of nitrogens with zero attached hydrogens (tertiary/aromatic N) is 3. The SMILES string of the molecule is CCCCCSc1nnc2c(n1)O[C@]1(Nc3ccccc3-2)C(=O)Nc2ccc(F)cc21. The van der Waals surface area contributed by atoms with Crippen LogP contribution in [0.4, 0.5) is 15.8 Å². The number of halogens is 1. The van der Waals surface area contributed by atoms with Crippen LogP contribution in [0.25, 0.3) is 11.3 Å². The molecule has 158 valence electrons. The number of thioether (sulfide) groups is 1. The van der Waals surface area contributed by atoms with Gasteiger partial charge in [0.25, 0.3) is 11.6 Å². The summed E-state index contributed by atoms with van der Waals surface area (Å²) in [4.78, 5) is 17.7. The van der Waals surface area contributed by atoms with Crippen molar-refractivity contribution in [1.82, 2.24) is 15.2 Å². The van der Waals surface area contributed by atoms with Gasteiger partial charge in [-0.05, 0) is 30.7 Å². The second-order valence-corrected chi connectivity index (χ2v) is 8.46. The lowest BCUT2D eigenvalue weighted by Crippen LogP contribution is -2.47. The van der Waals surface area contributed by atoms with Gasteiger partial charge >= 0.3 is 0 Å². The zero-order valence-electron chi connectivity index (χ0n) is 16.8. The standard InChI is InChI=1S/C22H20FN5O2S/c1-2-3-6-11-31-21-25-19-18(27-28-21)14-7-4-5-8-16(14)26-22(30-19)15-12-13(23)9-10-17(15)24-20(22)29/h4-5,7-10,12,26H,2-3,6,11H2,1H3,(H,24,29)/t22-/m0/s1. The topological polar surface area (TPSA) is 89.0 Å². The van der Waals surface area contributed by atoms with Crippen molar-refractivity contribution in [3.63, 3.8) is 0 Å². The largest absolute Gasteiger partial charge is 0.435 e. The first-order valence-corrected chi connectivity index (χ1v) is 11.1. The zero-order valence-corrected chi connectivity index (χ0v) is 17.6. The molecule has 0 fully saturated rings. The van der Waals surface area contributed by atoms with Gasteiger partial charge in [-0.2, -0.15) is 4.98 Å². The Labute approximate surface area is 182 Å². The van der Waals surface area contributed by atoms with Gasteiger partial charge in [0.15, 0.2) is 5.69 Å². The number of benzene rings is 2. The maximum atomic E-state index is 14.1. The fraction of sp³-hybridized carbons (Fsp3) is 0.273. The van der Waals surface area contributed by atoms with Crippen molar-refractivity contribution >= 4 is 29.0 Å². The molecule has 0 radical (unpaired) electrons. The van der Waals surface area contributed by atoms with Crippen LogP contribution in [0.2, 0.25) is 0 Å². The molecule has 2 aliphatic heterocycles. The van der Waals surface area contributed by atoms with Crippen LogP contribution in [-0.2, 0) is 10.5 Å². The van der Waals surface area contributed by atoms with E-state index in [1.807, 2.05) is 24.3 Å². The number of amides is 1. The smallest absolute Gasteiger partial charge is 0.295 e. The van der Waals surface area contributed by atoms with Gasteiger partial charge in [-0.25, -0.2) is 4.39 Å². The summed E-state index contributed by atoms with van der Waals surface area (Å²) in [7, 11) is 0. The normalized spacial score (nSPS) is 18.3. The number of carbonyl (C=O) groups excluding carboxylic acids is 1. The van der Waals surface area contributed by atoms with Crippen LogP contribution in [0.3, 0.4) is 0 Å². The van der Waals surface area contributed by atoms with Crippen LogP contribution in [-0.4, -0.2) is 26.8 Å². The molecule has 3 aromatic rings. The zero-order chi connectivity index (χ0) is 21.4. The second-order valence-electron chi connectivity index (χ2n) is 7.40. The molecular formula is C22H20FN5O2S. The predicted molar refractivity (Wildman–Crippen MR) is 116 cm³/mol. The van der Waals surface area contributed by atoms with Gasteiger partial charge in [0.1, 0.15) is 5.82 Å². The highest BCUT2D eigenvalue weighted by Gasteiger charge is 2.52. The first-order chi connectivity index (χ1) is 15.1.